The Labute approximate surface area is 99.5 Å². The van der Waals surface area contributed by atoms with Crippen LogP contribution in [0.4, 0.5) is 0 Å². The van der Waals surface area contributed by atoms with Crippen molar-refractivity contribution in [1.82, 2.24) is 10.6 Å². The molecule has 0 bridgehead atoms. The summed E-state index contributed by atoms with van der Waals surface area (Å²) in [6.45, 7) is 9.73. The third kappa shape index (κ3) is 5.29. The van der Waals surface area contributed by atoms with Crippen LogP contribution in [0.25, 0.3) is 0 Å². The van der Waals surface area contributed by atoms with Crippen LogP contribution in [0.3, 0.4) is 0 Å². The highest BCUT2D eigenvalue weighted by Gasteiger charge is 2.03. The molecule has 1 aromatic carbocycles. The molecule has 2 N–H and O–H groups in total. The molecule has 1 aromatic rings. The van der Waals surface area contributed by atoms with E-state index < -0.39 is 0 Å². The molecule has 0 heterocycles. The van der Waals surface area contributed by atoms with Crippen molar-refractivity contribution in [2.75, 3.05) is 19.6 Å². The standard InChI is InChI=1S/C14H24N2/c1-12(2)16-10-9-15-11-13(3)14-7-5-4-6-8-14/h4-8,12-13,15-16H,9-11H2,1-3H3. The Morgan fingerprint density at radius 1 is 1.00 bits per heavy atom. The van der Waals surface area contributed by atoms with Gasteiger partial charge in [0.15, 0.2) is 0 Å². The molecule has 1 rings (SSSR count). The smallest absolute Gasteiger partial charge is 0.00790 e. The summed E-state index contributed by atoms with van der Waals surface area (Å²) in [7, 11) is 0. The van der Waals surface area contributed by atoms with Crippen LogP contribution in [0, 0.1) is 0 Å². The third-order valence-corrected chi connectivity index (χ3v) is 2.67. The summed E-state index contributed by atoms with van der Waals surface area (Å²) in [6.07, 6.45) is 0. The SMILES string of the molecule is CC(C)NCCNCC(C)c1ccccc1. The first-order valence-electron chi connectivity index (χ1n) is 6.19. The average Bonchev–Trinajstić information content (AvgIpc) is 2.29. The van der Waals surface area contributed by atoms with Gasteiger partial charge in [0.1, 0.15) is 0 Å². The first-order valence-corrected chi connectivity index (χ1v) is 6.19. The van der Waals surface area contributed by atoms with Crippen LogP contribution in [0.2, 0.25) is 0 Å². The molecule has 2 heteroatoms. The minimum atomic E-state index is 0.577. The largest absolute Gasteiger partial charge is 0.315 e. The summed E-state index contributed by atoms with van der Waals surface area (Å²) in [4.78, 5) is 0. The molecule has 0 aliphatic heterocycles. The van der Waals surface area contributed by atoms with E-state index in [0.29, 0.717) is 12.0 Å². The van der Waals surface area contributed by atoms with Gasteiger partial charge in [-0.1, -0.05) is 51.1 Å². The fourth-order valence-electron chi connectivity index (χ4n) is 1.67. The maximum atomic E-state index is 3.48. The molecule has 2 nitrogen and oxygen atoms in total. The molecule has 0 spiro atoms. The van der Waals surface area contributed by atoms with Gasteiger partial charge in [-0.05, 0) is 11.5 Å². The Balaban J connectivity index is 2.14. The fourth-order valence-corrected chi connectivity index (χ4v) is 1.67. The Kier molecular flexibility index (Phi) is 6.12. The van der Waals surface area contributed by atoms with Gasteiger partial charge in [0, 0.05) is 25.7 Å². The van der Waals surface area contributed by atoms with Gasteiger partial charge in [-0.3, -0.25) is 0 Å². The van der Waals surface area contributed by atoms with E-state index in [9.17, 15) is 0 Å². The Morgan fingerprint density at radius 3 is 2.31 bits per heavy atom. The van der Waals surface area contributed by atoms with Crippen LogP contribution in [-0.2, 0) is 0 Å². The minimum absolute atomic E-state index is 0.577. The summed E-state index contributed by atoms with van der Waals surface area (Å²) >= 11 is 0. The molecule has 0 saturated carbocycles. The molecule has 0 saturated heterocycles. The normalized spacial score (nSPS) is 13.0. The number of nitrogens with one attached hydrogen (secondary N) is 2. The van der Waals surface area contributed by atoms with E-state index in [1.54, 1.807) is 0 Å². The van der Waals surface area contributed by atoms with Gasteiger partial charge in [-0.15, -0.1) is 0 Å². The van der Waals surface area contributed by atoms with Crippen molar-refractivity contribution in [3.05, 3.63) is 35.9 Å². The average molecular weight is 220 g/mol. The van der Waals surface area contributed by atoms with E-state index in [1.807, 2.05) is 0 Å². The Hall–Kier alpha value is -0.860. The molecular formula is C14H24N2. The lowest BCUT2D eigenvalue weighted by molar-refractivity contribution is 0.541. The molecule has 0 radical (unpaired) electrons. The highest BCUT2D eigenvalue weighted by Crippen LogP contribution is 2.12. The summed E-state index contributed by atoms with van der Waals surface area (Å²) in [6, 6.07) is 11.2. The summed E-state index contributed by atoms with van der Waals surface area (Å²) in [5, 5.41) is 6.87. The number of hydrogen-bond acceptors (Lipinski definition) is 2. The molecule has 0 aliphatic carbocycles. The lowest BCUT2D eigenvalue weighted by Crippen LogP contribution is -2.33. The molecule has 1 atom stereocenters. The van der Waals surface area contributed by atoms with Gasteiger partial charge < -0.3 is 10.6 Å². The number of rotatable bonds is 7. The fraction of sp³-hybridized carbons (Fsp3) is 0.571. The van der Waals surface area contributed by atoms with Gasteiger partial charge in [0.25, 0.3) is 0 Å². The lowest BCUT2D eigenvalue weighted by Gasteiger charge is -2.14. The highest BCUT2D eigenvalue weighted by molar-refractivity contribution is 5.18. The van der Waals surface area contributed by atoms with E-state index in [1.165, 1.54) is 5.56 Å². The zero-order valence-electron chi connectivity index (χ0n) is 10.7. The molecule has 16 heavy (non-hydrogen) atoms. The highest BCUT2D eigenvalue weighted by atomic mass is 15.0. The van der Waals surface area contributed by atoms with E-state index in [0.717, 1.165) is 19.6 Å². The van der Waals surface area contributed by atoms with E-state index >= 15 is 0 Å². The van der Waals surface area contributed by atoms with Crippen LogP contribution in [-0.4, -0.2) is 25.7 Å². The van der Waals surface area contributed by atoms with Crippen molar-refractivity contribution < 1.29 is 0 Å². The maximum Gasteiger partial charge on any atom is 0.00790 e. The first-order chi connectivity index (χ1) is 7.70. The van der Waals surface area contributed by atoms with Crippen molar-refractivity contribution >= 4 is 0 Å². The minimum Gasteiger partial charge on any atom is -0.315 e. The van der Waals surface area contributed by atoms with Crippen LogP contribution in [0.5, 0.6) is 0 Å². The van der Waals surface area contributed by atoms with Gasteiger partial charge in [-0.2, -0.15) is 0 Å². The van der Waals surface area contributed by atoms with Gasteiger partial charge in [0.2, 0.25) is 0 Å². The Bertz CT molecular complexity index is 269. The van der Waals surface area contributed by atoms with Crippen molar-refractivity contribution in [2.24, 2.45) is 0 Å². The lowest BCUT2D eigenvalue weighted by atomic mass is 10.0. The van der Waals surface area contributed by atoms with Gasteiger partial charge >= 0.3 is 0 Å². The third-order valence-electron chi connectivity index (χ3n) is 2.67. The molecule has 1 unspecified atom stereocenters. The van der Waals surface area contributed by atoms with Crippen molar-refractivity contribution in [3.63, 3.8) is 0 Å². The second kappa shape index (κ2) is 7.42. The van der Waals surface area contributed by atoms with Gasteiger partial charge in [0.05, 0.1) is 0 Å². The monoisotopic (exact) mass is 220 g/mol. The van der Waals surface area contributed by atoms with E-state index in [-0.39, 0.29) is 0 Å². The van der Waals surface area contributed by atoms with Crippen molar-refractivity contribution in [1.29, 1.82) is 0 Å². The molecule has 0 fully saturated rings. The predicted octanol–water partition coefficient (Wildman–Crippen LogP) is 2.38. The van der Waals surface area contributed by atoms with Crippen LogP contribution >= 0.6 is 0 Å². The van der Waals surface area contributed by atoms with Crippen LogP contribution in [0.1, 0.15) is 32.3 Å². The van der Waals surface area contributed by atoms with Crippen molar-refractivity contribution in [3.8, 4) is 0 Å². The molecular weight excluding hydrogens is 196 g/mol. The zero-order valence-corrected chi connectivity index (χ0v) is 10.7. The van der Waals surface area contributed by atoms with E-state index in [2.05, 4.69) is 61.7 Å². The second-order valence-electron chi connectivity index (χ2n) is 4.62. The summed E-state index contributed by atoms with van der Waals surface area (Å²) < 4.78 is 0. The summed E-state index contributed by atoms with van der Waals surface area (Å²) in [5.74, 6) is 0.584. The molecule has 0 amide bonds. The quantitative estimate of drug-likeness (QED) is 0.689. The van der Waals surface area contributed by atoms with Gasteiger partial charge in [-0.25, -0.2) is 0 Å². The van der Waals surface area contributed by atoms with Crippen LogP contribution < -0.4 is 10.6 Å². The van der Waals surface area contributed by atoms with Crippen molar-refractivity contribution in [2.45, 2.75) is 32.7 Å². The molecule has 90 valence electrons. The topological polar surface area (TPSA) is 24.1 Å². The second-order valence-corrected chi connectivity index (χ2v) is 4.62. The zero-order chi connectivity index (χ0) is 11.8. The first kappa shape index (κ1) is 13.2. The number of benzene rings is 1. The summed E-state index contributed by atoms with van der Waals surface area (Å²) in [5.41, 5.74) is 1.41. The molecule has 0 aliphatic rings. The molecule has 0 aromatic heterocycles. The van der Waals surface area contributed by atoms with Crippen LogP contribution in [0.15, 0.2) is 30.3 Å². The maximum absolute atomic E-state index is 3.48. The number of hydrogen-bond donors (Lipinski definition) is 2. The Morgan fingerprint density at radius 2 is 1.69 bits per heavy atom. The predicted molar refractivity (Wildman–Crippen MR) is 70.9 cm³/mol. The van der Waals surface area contributed by atoms with E-state index in [4.69, 9.17) is 0 Å².